The number of carbonyl (C=O) groups is 2. The van der Waals surface area contributed by atoms with Crippen molar-refractivity contribution in [1.82, 2.24) is 15.2 Å². The fraction of sp³-hybridized carbons (Fsp3) is 0.647. The molecule has 0 spiro atoms. The predicted octanol–water partition coefficient (Wildman–Crippen LogP) is 1.31. The minimum absolute atomic E-state index is 0.263. The molecule has 26 heavy (non-hydrogen) atoms. The topological polar surface area (TPSA) is 95.6 Å². The van der Waals surface area contributed by atoms with E-state index in [9.17, 15) is 18.0 Å². The first kappa shape index (κ1) is 19.3. The molecule has 0 aromatic carbocycles. The Morgan fingerprint density at radius 1 is 1.19 bits per heavy atom. The van der Waals surface area contributed by atoms with E-state index in [1.54, 1.807) is 0 Å². The lowest BCUT2D eigenvalue weighted by atomic mass is 9.90. The van der Waals surface area contributed by atoms with Crippen molar-refractivity contribution in [2.75, 3.05) is 19.3 Å². The van der Waals surface area contributed by atoms with Crippen LogP contribution in [0.3, 0.4) is 0 Å². The maximum atomic E-state index is 12.3. The van der Waals surface area contributed by atoms with Gasteiger partial charge in [-0.3, -0.25) is 20.4 Å². The Kier molecular flexibility index (Phi) is 5.69. The van der Waals surface area contributed by atoms with Gasteiger partial charge in [0.1, 0.15) is 0 Å². The summed E-state index contributed by atoms with van der Waals surface area (Å²) in [6.07, 6.45) is 5.26. The van der Waals surface area contributed by atoms with E-state index in [1.165, 1.54) is 32.3 Å². The second kappa shape index (κ2) is 7.66. The Hall–Kier alpha value is -1.45. The fourth-order valence-electron chi connectivity index (χ4n) is 3.55. The number of nitrogens with one attached hydrogen (secondary N) is 2. The highest BCUT2D eigenvalue weighted by atomic mass is 32.2. The second-order valence-electron chi connectivity index (χ2n) is 7.29. The third-order valence-corrected chi connectivity index (χ3v) is 7.69. The quantitative estimate of drug-likeness (QED) is 0.749. The summed E-state index contributed by atoms with van der Waals surface area (Å²) < 4.78 is 24.4. The van der Waals surface area contributed by atoms with Gasteiger partial charge in [0.2, 0.25) is 15.9 Å². The van der Waals surface area contributed by atoms with Crippen molar-refractivity contribution < 1.29 is 18.0 Å². The Morgan fingerprint density at radius 3 is 2.54 bits per heavy atom. The number of rotatable bonds is 3. The van der Waals surface area contributed by atoms with Crippen LogP contribution in [0.2, 0.25) is 0 Å². The third kappa shape index (κ3) is 4.44. The van der Waals surface area contributed by atoms with Gasteiger partial charge in [0.05, 0.1) is 11.1 Å². The molecular formula is C17H25N3O4S2. The van der Waals surface area contributed by atoms with E-state index in [2.05, 4.69) is 17.8 Å². The molecule has 0 saturated carbocycles. The van der Waals surface area contributed by atoms with Crippen molar-refractivity contribution in [1.29, 1.82) is 0 Å². The van der Waals surface area contributed by atoms with E-state index in [0.717, 1.165) is 19.3 Å². The molecular weight excluding hydrogens is 374 g/mol. The first-order chi connectivity index (χ1) is 12.2. The Labute approximate surface area is 158 Å². The van der Waals surface area contributed by atoms with Crippen LogP contribution >= 0.6 is 11.3 Å². The molecule has 1 aliphatic carbocycles. The van der Waals surface area contributed by atoms with E-state index in [1.807, 2.05) is 6.07 Å². The average molecular weight is 400 g/mol. The number of piperidine rings is 1. The monoisotopic (exact) mass is 399 g/mol. The standard InChI is InChI=1S/C17H25N3O4S2/c1-11-3-4-14-13(9-11)10-15(25-14)17(22)19-18-16(21)12-5-7-20(8-6-12)26(2,23)24/h10-12H,3-9H2,1-2H3,(H,18,21)(H,19,22). The van der Waals surface area contributed by atoms with Crippen LogP contribution in [0.4, 0.5) is 0 Å². The van der Waals surface area contributed by atoms with Gasteiger partial charge in [-0.25, -0.2) is 12.7 Å². The highest BCUT2D eigenvalue weighted by molar-refractivity contribution is 7.88. The van der Waals surface area contributed by atoms with Gasteiger partial charge in [-0.05, 0) is 49.7 Å². The van der Waals surface area contributed by atoms with E-state index in [4.69, 9.17) is 0 Å². The molecule has 1 aliphatic heterocycles. The number of thiophene rings is 1. The third-order valence-electron chi connectivity index (χ3n) is 5.15. The zero-order chi connectivity index (χ0) is 18.9. The fourth-order valence-corrected chi connectivity index (χ4v) is 5.53. The Morgan fingerprint density at radius 2 is 1.88 bits per heavy atom. The summed E-state index contributed by atoms with van der Waals surface area (Å²) in [5, 5.41) is 0. The maximum absolute atomic E-state index is 12.3. The zero-order valence-corrected chi connectivity index (χ0v) is 16.7. The van der Waals surface area contributed by atoms with Crippen LogP contribution in [0, 0.1) is 11.8 Å². The second-order valence-corrected chi connectivity index (χ2v) is 10.4. The molecule has 2 N–H and O–H groups in total. The molecule has 2 amide bonds. The molecule has 1 aromatic heterocycles. The summed E-state index contributed by atoms with van der Waals surface area (Å²) in [6, 6.07) is 1.93. The van der Waals surface area contributed by atoms with Crippen LogP contribution in [-0.4, -0.2) is 43.9 Å². The Bertz CT molecular complexity index is 795. The lowest BCUT2D eigenvalue weighted by molar-refractivity contribution is -0.126. The summed E-state index contributed by atoms with van der Waals surface area (Å²) in [4.78, 5) is 26.4. The molecule has 1 saturated heterocycles. The van der Waals surface area contributed by atoms with E-state index >= 15 is 0 Å². The van der Waals surface area contributed by atoms with Gasteiger partial charge in [0.25, 0.3) is 5.91 Å². The highest BCUT2D eigenvalue weighted by Crippen LogP contribution is 2.32. The molecule has 3 rings (SSSR count). The number of hydrogen-bond acceptors (Lipinski definition) is 5. The summed E-state index contributed by atoms with van der Waals surface area (Å²) in [5.41, 5.74) is 6.24. The van der Waals surface area contributed by atoms with Gasteiger partial charge in [-0.15, -0.1) is 11.3 Å². The normalized spacial score (nSPS) is 21.8. The summed E-state index contributed by atoms with van der Waals surface area (Å²) in [6.45, 7) is 2.89. The molecule has 7 nitrogen and oxygen atoms in total. The molecule has 1 aromatic rings. The average Bonchev–Trinajstić information content (AvgIpc) is 3.02. The zero-order valence-electron chi connectivity index (χ0n) is 15.1. The molecule has 1 fully saturated rings. The van der Waals surface area contributed by atoms with Gasteiger partial charge < -0.3 is 0 Å². The van der Waals surface area contributed by atoms with Crippen LogP contribution in [-0.2, 0) is 27.7 Å². The first-order valence-electron chi connectivity index (χ1n) is 8.91. The number of nitrogens with zero attached hydrogens (tertiary/aromatic N) is 1. The van der Waals surface area contributed by atoms with Crippen LogP contribution in [0.1, 0.15) is 46.3 Å². The molecule has 9 heteroatoms. The molecule has 2 heterocycles. The van der Waals surface area contributed by atoms with Crippen molar-refractivity contribution in [2.45, 2.75) is 39.0 Å². The number of sulfonamides is 1. The molecule has 0 radical (unpaired) electrons. The van der Waals surface area contributed by atoms with Gasteiger partial charge >= 0.3 is 0 Å². The van der Waals surface area contributed by atoms with Crippen LogP contribution in [0.25, 0.3) is 0 Å². The number of amides is 2. The summed E-state index contributed by atoms with van der Waals surface area (Å²) in [5.74, 6) is -0.198. The molecule has 144 valence electrons. The van der Waals surface area contributed by atoms with Gasteiger partial charge in [-0.1, -0.05) is 6.92 Å². The van der Waals surface area contributed by atoms with Crippen LogP contribution < -0.4 is 10.9 Å². The number of hydrazine groups is 1. The molecule has 2 aliphatic rings. The predicted molar refractivity (Wildman–Crippen MR) is 100 cm³/mol. The van der Waals surface area contributed by atoms with Crippen molar-refractivity contribution >= 4 is 33.2 Å². The van der Waals surface area contributed by atoms with E-state index < -0.39 is 10.0 Å². The molecule has 1 unspecified atom stereocenters. The van der Waals surface area contributed by atoms with Gasteiger partial charge in [-0.2, -0.15) is 0 Å². The number of fused-ring (bicyclic) bond motifs is 1. The number of hydrogen-bond donors (Lipinski definition) is 2. The number of aryl methyl sites for hydroxylation is 1. The largest absolute Gasteiger partial charge is 0.279 e. The summed E-state index contributed by atoms with van der Waals surface area (Å²) in [7, 11) is -3.21. The highest BCUT2D eigenvalue weighted by Gasteiger charge is 2.29. The van der Waals surface area contributed by atoms with Crippen molar-refractivity contribution in [3.63, 3.8) is 0 Å². The van der Waals surface area contributed by atoms with Gasteiger partial charge in [0.15, 0.2) is 0 Å². The minimum Gasteiger partial charge on any atom is -0.273 e. The summed E-state index contributed by atoms with van der Waals surface area (Å²) >= 11 is 1.50. The van der Waals surface area contributed by atoms with Crippen LogP contribution in [0.5, 0.6) is 0 Å². The first-order valence-corrected chi connectivity index (χ1v) is 11.6. The lowest BCUT2D eigenvalue weighted by Gasteiger charge is -2.29. The van der Waals surface area contributed by atoms with E-state index in [0.29, 0.717) is 36.7 Å². The van der Waals surface area contributed by atoms with Crippen molar-refractivity contribution in [3.8, 4) is 0 Å². The van der Waals surface area contributed by atoms with E-state index in [-0.39, 0.29) is 17.7 Å². The maximum Gasteiger partial charge on any atom is 0.279 e. The smallest absolute Gasteiger partial charge is 0.273 e. The van der Waals surface area contributed by atoms with Crippen LogP contribution in [0.15, 0.2) is 6.07 Å². The minimum atomic E-state index is -3.21. The number of carbonyl (C=O) groups excluding carboxylic acids is 2. The SMILES string of the molecule is CC1CCc2sc(C(=O)NNC(=O)C3CCN(S(C)(=O)=O)CC3)cc2C1. The van der Waals surface area contributed by atoms with Crippen molar-refractivity contribution in [2.24, 2.45) is 11.8 Å². The van der Waals surface area contributed by atoms with Gasteiger partial charge in [0, 0.05) is 23.9 Å². The lowest BCUT2D eigenvalue weighted by Crippen LogP contribution is -2.47. The Balaban J connectivity index is 1.50. The molecule has 0 bridgehead atoms. The van der Waals surface area contributed by atoms with Crippen molar-refractivity contribution in [3.05, 3.63) is 21.4 Å². The molecule has 1 atom stereocenters.